The molecule has 3 rings (SSSR count). The molecular formula is C16H15ClN2O2S2. The Morgan fingerprint density at radius 1 is 1.35 bits per heavy atom. The number of aliphatic hydroxyl groups excluding tert-OH is 1. The fourth-order valence-corrected chi connectivity index (χ4v) is 3.91. The van der Waals surface area contributed by atoms with Gasteiger partial charge in [-0.2, -0.15) is 0 Å². The smallest absolute Gasteiger partial charge is 0.197 e. The highest BCUT2D eigenvalue weighted by atomic mass is 35.5. The summed E-state index contributed by atoms with van der Waals surface area (Å²) in [5.74, 6) is 0.697. The number of rotatable bonds is 6. The fourth-order valence-electron chi connectivity index (χ4n) is 2.14. The van der Waals surface area contributed by atoms with Crippen LogP contribution in [-0.4, -0.2) is 16.7 Å². The Labute approximate surface area is 147 Å². The zero-order valence-corrected chi connectivity index (χ0v) is 14.8. The minimum Gasteiger partial charge on any atom is -0.396 e. The Balaban J connectivity index is 1.67. The SMILES string of the molecule is Cc1c(OSNc2cccc(CCO)n2)sc2ccc(Cl)cc12. The maximum atomic E-state index is 8.96. The van der Waals surface area contributed by atoms with Crippen LogP contribution in [0.2, 0.25) is 5.02 Å². The van der Waals surface area contributed by atoms with E-state index in [2.05, 4.69) is 9.71 Å². The summed E-state index contributed by atoms with van der Waals surface area (Å²) in [6, 6.07) is 11.5. The number of anilines is 1. The zero-order valence-electron chi connectivity index (χ0n) is 12.4. The number of benzene rings is 1. The minimum absolute atomic E-state index is 0.0869. The number of nitrogens with zero attached hydrogens (tertiary/aromatic N) is 1. The number of thiophene rings is 1. The van der Waals surface area contributed by atoms with Gasteiger partial charge in [0.2, 0.25) is 0 Å². The second-order valence-electron chi connectivity index (χ2n) is 4.91. The highest BCUT2D eigenvalue weighted by Gasteiger charge is 2.11. The van der Waals surface area contributed by atoms with E-state index in [1.54, 1.807) is 11.3 Å². The molecule has 0 atom stereocenters. The zero-order chi connectivity index (χ0) is 16.2. The normalized spacial score (nSPS) is 10.9. The monoisotopic (exact) mass is 366 g/mol. The Kier molecular flexibility index (Phi) is 5.27. The number of fused-ring (bicyclic) bond motifs is 1. The molecule has 0 fully saturated rings. The van der Waals surface area contributed by atoms with Crippen molar-refractivity contribution in [1.29, 1.82) is 0 Å². The average Bonchev–Trinajstić information content (AvgIpc) is 2.85. The maximum absolute atomic E-state index is 8.96. The van der Waals surface area contributed by atoms with Gasteiger partial charge in [0.15, 0.2) is 17.3 Å². The van der Waals surface area contributed by atoms with E-state index in [4.69, 9.17) is 20.9 Å². The van der Waals surface area contributed by atoms with Crippen LogP contribution in [-0.2, 0) is 6.42 Å². The molecule has 3 aromatic rings. The summed E-state index contributed by atoms with van der Waals surface area (Å²) >= 11 is 8.75. The summed E-state index contributed by atoms with van der Waals surface area (Å²) in [4.78, 5) is 4.38. The summed E-state index contributed by atoms with van der Waals surface area (Å²) in [5, 5.41) is 11.6. The number of nitrogens with one attached hydrogen (secondary N) is 1. The molecule has 0 saturated carbocycles. The van der Waals surface area contributed by atoms with Crippen molar-refractivity contribution >= 4 is 51.1 Å². The largest absolute Gasteiger partial charge is 0.396 e. The molecular weight excluding hydrogens is 352 g/mol. The average molecular weight is 367 g/mol. The first-order valence-corrected chi connectivity index (χ1v) is 8.96. The molecule has 23 heavy (non-hydrogen) atoms. The van der Waals surface area contributed by atoms with E-state index < -0.39 is 0 Å². The lowest BCUT2D eigenvalue weighted by Crippen LogP contribution is -1.98. The molecule has 2 N–H and O–H groups in total. The van der Waals surface area contributed by atoms with Gasteiger partial charge in [-0.1, -0.05) is 29.0 Å². The Morgan fingerprint density at radius 2 is 2.22 bits per heavy atom. The van der Waals surface area contributed by atoms with Crippen molar-refractivity contribution in [2.24, 2.45) is 0 Å². The summed E-state index contributed by atoms with van der Waals surface area (Å²) in [6.45, 7) is 2.11. The molecule has 0 saturated heterocycles. The lowest BCUT2D eigenvalue weighted by atomic mass is 10.2. The van der Waals surface area contributed by atoms with Gasteiger partial charge in [-0.3, -0.25) is 4.72 Å². The molecule has 0 aliphatic carbocycles. The van der Waals surface area contributed by atoms with Gasteiger partial charge in [-0.15, -0.1) is 0 Å². The van der Waals surface area contributed by atoms with Crippen LogP contribution in [0.1, 0.15) is 11.3 Å². The van der Waals surface area contributed by atoms with E-state index in [1.807, 2.05) is 43.3 Å². The van der Waals surface area contributed by atoms with Gasteiger partial charge in [-0.25, -0.2) is 4.98 Å². The first-order valence-electron chi connectivity index (χ1n) is 7.02. The molecule has 0 aliphatic rings. The van der Waals surface area contributed by atoms with Crippen molar-refractivity contribution in [3.8, 4) is 5.06 Å². The third kappa shape index (κ3) is 3.90. The van der Waals surface area contributed by atoms with Gasteiger partial charge in [-0.05, 0) is 37.3 Å². The van der Waals surface area contributed by atoms with Gasteiger partial charge in [0.05, 0.1) is 0 Å². The highest BCUT2D eigenvalue weighted by Crippen LogP contribution is 2.39. The van der Waals surface area contributed by atoms with E-state index in [9.17, 15) is 0 Å². The molecule has 2 heterocycles. The summed E-state index contributed by atoms with van der Waals surface area (Å²) in [6.07, 6.45) is 0.539. The van der Waals surface area contributed by atoms with E-state index in [0.717, 1.165) is 43.7 Å². The van der Waals surface area contributed by atoms with Crippen LogP contribution in [0, 0.1) is 6.92 Å². The van der Waals surface area contributed by atoms with Gasteiger partial charge in [0, 0.05) is 39.4 Å². The molecule has 2 aromatic heterocycles. The second-order valence-corrected chi connectivity index (χ2v) is 6.90. The van der Waals surface area contributed by atoms with Crippen molar-refractivity contribution in [3.63, 3.8) is 0 Å². The summed E-state index contributed by atoms with van der Waals surface area (Å²) < 4.78 is 9.96. The van der Waals surface area contributed by atoms with Crippen LogP contribution in [0.3, 0.4) is 0 Å². The second kappa shape index (κ2) is 7.40. The number of aliphatic hydroxyl groups is 1. The van der Waals surface area contributed by atoms with E-state index >= 15 is 0 Å². The van der Waals surface area contributed by atoms with Gasteiger partial charge in [0.1, 0.15) is 5.82 Å². The highest BCUT2D eigenvalue weighted by molar-refractivity contribution is 7.96. The van der Waals surface area contributed by atoms with Crippen LogP contribution in [0.4, 0.5) is 5.82 Å². The molecule has 0 radical (unpaired) electrons. The Hall–Kier alpha value is -1.47. The quantitative estimate of drug-likeness (QED) is 0.482. The Bertz CT molecular complexity index is 823. The van der Waals surface area contributed by atoms with Crippen LogP contribution in [0.5, 0.6) is 5.06 Å². The third-order valence-electron chi connectivity index (χ3n) is 3.29. The minimum atomic E-state index is 0.0869. The van der Waals surface area contributed by atoms with E-state index in [0.29, 0.717) is 12.2 Å². The maximum Gasteiger partial charge on any atom is 0.197 e. The Morgan fingerprint density at radius 3 is 3.04 bits per heavy atom. The summed E-state index contributed by atoms with van der Waals surface area (Å²) in [7, 11) is 0. The molecule has 0 spiro atoms. The van der Waals surface area contributed by atoms with E-state index in [-0.39, 0.29) is 6.61 Å². The number of pyridine rings is 1. The van der Waals surface area contributed by atoms with Crippen molar-refractivity contribution in [3.05, 3.63) is 52.7 Å². The first kappa shape index (κ1) is 16.4. The lowest BCUT2D eigenvalue weighted by molar-refractivity contribution is 0.298. The number of hydrogen-bond donors (Lipinski definition) is 2. The van der Waals surface area contributed by atoms with Gasteiger partial charge in [0.25, 0.3) is 0 Å². The van der Waals surface area contributed by atoms with Crippen molar-refractivity contribution in [1.82, 2.24) is 4.98 Å². The predicted octanol–water partition coefficient (Wildman–Crippen LogP) is 4.85. The van der Waals surface area contributed by atoms with Crippen LogP contribution >= 0.6 is 35.2 Å². The molecule has 0 bridgehead atoms. The van der Waals surface area contributed by atoms with E-state index in [1.165, 1.54) is 0 Å². The number of aryl methyl sites for hydroxylation is 1. The summed E-state index contributed by atoms with van der Waals surface area (Å²) in [5.41, 5.74) is 1.91. The molecule has 0 amide bonds. The van der Waals surface area contributed by atoms with Gasteiger partial charge < -0.3 is 9.29 Å². The standard InChI is InChI=1S/C16H15ClN2O2S2/c1-10-13-9-11(17)5-6-14(13)22-16(10)21-23-19-15-4-2-3-12(18-15)7-8-20/h2-6,9,20H,7-8H2,1H3,(H,18,19). The predicted molar refractivity (Wildman–Crippen MR) is 98.4 cm³/mol. The molecule has 0 aliphatic heterocycles. The lowest BCUT2D eigenvalue weighted by Gasteiger charge is -2.06. The van der Waals surface area contributed by atoms with Crippen molar-refractivity contribution in [2.75, 3.05) is 11.3 Å². The topological polar surface area (TPSA) is 54.4 Å². The fraction of sp³-hybridized carbons (Fsp3) is 0.188. The van der Waals surface area contributed by atoms with Crippen molar-refractivity contribution in [2.45, 2.75) is 13.3 Å². The van der Waals surface area contributed by atoms with Crippen LogP contribution in [0.25, 0.3) is 10.1 Å². The van der Waals surface area contributed by atoms with Gasteiger partial charge >= 0.3 is 0 Å². The number of aromatic nitrogens is 1. The first-order chi connectivity index (χ1) is 11.2. The molecule has 0 unspecified atom stereocenters. The third-order valence-corrected chi connectivity index (χ3v) is 5.33. The molecule has 7 heteroatoms. The molecule has 120 valence electrons. The van der Waals surface area contributed by atoms with Crippen LogP contribution in [0.15, 0.2) is 36.4 Å². The number of hydrogen-bond acceptors (Lipinski definition) is 6. The molecule has 4 nitrogen and oxygen atoms in total. The number of halogens is 1. The van der Waals surface area contributed by atoms with Crippen LogP contribution < -0.4 is 8.91 Å². The molecule has 1 aromatic carbocycles. The van der Waals surface area contributed by atoms with Crippen molar-refractivity contribution < 1.29 is 9.29 Å².